The van der Waals surface area contributed by atoms with Gasteiger partial charge in [-0.05, 0) is 54.8 Å². The topological polar surface area (TPSA) is 89.6 Å². The summed E-state index contributed by atoms with van der Waals surface area (Å²) in [4.78, 5) is 29.1. The number of methoxy groups -OCH3 is 1. The molecule has 0 saturated carbocycles. The minimum Gasteiger partial charge on any atom is -0.497 e. The number of fused-ring (bicyclic) bond motifs is 1. The number of hydrogen-bond donors (Lipinski definition) is 1. The van der Waals surface area contributed by atoms with Crippen LogP contribution in [0.3, 0.4) is 0 Å². The van der Waals surface area contributed by atoms with Crippen LogP contribution >= 0.6 is 0 Å². The fourth-order valence-electron chi connectivity index (χ4n) is 4.52. The van der Waals surface area contributed by atoms with Gasteiger partial charge in [0, 0.05) is 19.2 Å². The lowest BCUT2D eigenvalue weighted by molar-refractivity contribution is -0.133. The maximum atomic E-state index is 13.8. The first-order valence-corrected chi connectivity index (χ1v) is 11.8. The third kappa shape index (κ3) is 4.26. The first kappa shape index (κ1) is 23.4. The van der Waals surface area contributed by atoms with Gasteiger partial charge in [-0.1, -0.05) is 36.4 Å². The number of amides is 2. The van der Waals surface area contributed by atoms with Crippen molar-refractivity contribution in [2.24, 2.45) is 0 Å². The predicted molar refractivity (Wildman–Crippen MR) is 134 cm³/mol. The molecule has 0 saturated heterocycles. The molecule has 1 N–H and O–H groups in total. The number of furan rings is 1. The van der Waals surface area contributed by atoms with E-state index in [1.54, 1.807) is 48.1 Å². The summed E-state index contributed by atoms with van der Waals surface area (Å²) in [6, 6.07) is 20.7. The number of ether oxygens (including phenoxy) is 1. The fraction of sp³-hybridized carbons (Fsp3) is 0.250. The van der Waals surface area contributed by atoms with Crippen LogP contribution in [0.15, 0.2) is 77.4 Å². The molecule has 2 aromatic heterocycles. The van der Waals surface area contributed by atoms with E-state index >= 15 is 0 Å². The molecular weight excluding hydrogens is 456 g/mol. The van der Waals surface area contributed by atoms with Crippen LogP contribution in [0.2, 0.25) is 0 Å². The second-order valence-corrected chi connectivity index (χ2v) is 9.17. The minimum absolute atomic E-state index is 0.213. The van der Waals surface area contributed by atoms with Crippen LogP contribution in [0.4, 0.5) is 0 Å². The number of benzene rings is 2. The van der Waals surface area contributed by atoms with E-state index in [-0.39, 0.29) is 24.9 Å². The molecule has 0 fully saturated rings. The zero-order valence-corrected chi connectivity index (χ0v) is 20.5. The van der Waals surface area contributed by atoms with E-state index in [1.807, 2.05) is 55.5 Å². The minimum atomic E-state index is -1.17. The monoisotopic (exact) mass is 484 g/mol. The van der Waals surface area contributed by atoms with Crippen LogP contribution in [0.1, 0.15) is 34.1 Å². The summed E-state index contributed by atoms with van der Waals surface area (Å²) in [6.07, 6.45) is 1.56. The van der Waals surface area contributed by atoms with E-state index in [4.69, 9.17) is 9.15 Å². The number of nitrogens with zero attached hydrogens (tertiary/aromatic N) is 3. The normalized spacial score (nSPS) is 17.1. The first-order chi connectivity index (χ1) is 17.4. The SMILES string of the molecule is COc1ccc(CN2C(=O)c3cc(-c4ccco4)nn3C[C@@]2(C)C(=O)NCc2ccccc2C)cc1. The number of carbonyl (C=O) groups excluding carboxylic acids is 2. The largest absolute Gasteiger partial charge is 0.497 e. The molecule has 1 atom stereocenters. The van der Waals surface area contributed by atoms with E-state index in [9.17, 15) is 9.59 Å². The highest BCUT2D eigenvalue weighted by atomic mass is 16.5. The van der Waals surface area contributed by atoms with Crippen LogP contribution in [-0.2, 0) is 24.4 Å². The quantitative estimate of drug-likeness (QED) is 0.425. The summed E-state index contributed by atoms with van der Waals surface area (Å²) < 4.78 is 12.4. The van der Waals surface area contributed by atoms with Crippen molar-refractivity contribution in [3.05, 3.63) is 95.4 Å². The number of nitrogens with one attached hydrogen (secondary N) is 1. The lowest BCUT2D eigenvalue weighted by Gasteiger charge is -2.43. The summed E-state index contributed by atoms with van der Waals surface area (Å²) in [5.41, 5.74) is 2.81. The van der Waals surface area contributed by atoms with Crippen molar-refractivity contribution in [1.29, 1.82) is 0 Å². The van der Waals surface area contributed by atoms with Crippen molar-refractivity contribution in [2.75, 3.05) is 7.11 Å². The molecule has 0 unspecified atom stereocenters. The lowest BCUT2D eigenvalue weighted by atomic mass is 9.93. The van der Waals surface area contributed by atoms with Crippen molar-refractivity contribution in [3.63, 3.8) is 0 Å². The molecule has 5 rings (SSSR count). The summed E-state index contributed by atoms with van der Waals surface area (Å²) >= 11 is 0. The highest BCUT2D eigenvalue weighted by Gasteiger charge is 2.48. The number of carbonyl (C=O) groups is 2. The second-order valence-electron chi connectivity index (χ2n) is 9.17. The van der Waals surface area contributed by atoms with Crippen molar-refractivity contribution in [3.8, 4) is 17.2 Å². The van der Waals surface area contributed by atoms with Crippen LogP contribution < -0.4 is 10.1 Å². The Hall–Kier alpha value is -4.33. The van der Waals surface area contributed by atoms with E-state index in [1.165, 1.54) is 0 Å². The zero-order valence-electron chi connectivity index (χ0n) is 20.5. The average molecular weight is 485 g/mol. The molecule has 1 aliphatic heterocycles. The van der Waals surface area contributed by atoms with Gasteiger partial charge in [0.1, 0.15) is 22.7 Å². The van der Waals surface area contributed by atoms with Crippen molar-refractivity contribution >= 4 is 11.8 Å². The molecule has 0 aliphatic carbocycles. The van der Waals surface area contributed by atoms with Crippen molar-refractivity contribution < 1.29 is 18.7 Å². The standard InChI is InChI=1S/C28H28N4O4/c1-19-7-4-5-8-21(19)16-29-27(34)28(2)18-32-24(15-23(30-32)25-9-6-14-36-25)26(33)31(28)17-20-10-12-22(35-3)13-11-20/h4-15H,16-18H2,1-3H3,(H,29,34)/t28-/m0/s1. The Labute approximate surface area is 209 Å². The van der Waals surface area contributed by atoms with E-state index in [2.05, 4.69) is 10.4 Å². The highest BCUT2D eigenvalue weighted by Crippen LogP contribution is 2.32. The molecule has 2 aromatic carbocycles. The summed E-state index contributed by atoms with van der Waals surface area (Å²) in [6.45, 7) is 4.65. The Morgan fingerprint density at radius 3 is 2.61 bits per heavy atom. The molecule has 4 aromatic rings. The Balaban J connectivity index is 1.48. The molecule has 3 heterocycles. The number of aryl methyl sites for hydroxylation is 1. The number of hydrogen-bond acceptors (Lipinski definition) is 5. The molecule has 8 heteroatoms. The fourth-order valence-corrected chi connectivity index (χ4v) is 4.52. The predicted octanol–water partition coefficient (Wildman–Crippen LogP) is 4.19. The van der Waals surface area contributed by atoms with E-state index < -0.39 is 5.54 Å². The Morgan fingerprint density at radius 1 is 1.14 bits per heavy atom. The maximum Gasteiger partial charge on any atom is 0.273 e. The molecule has 36 heavy (non-hydrogen) atoms. The van der Waals surface area contributed by atoms with Gasteiger partial charge in [-0.25, -0.2) is 0 Å². The third-order valence-corrected chi connectivity index (χ3v) is 6.76. The average Bonchev–Trinajstić information content (AvgIpc) is 3.56. The van der Waals surface area contributed by atoms with Gasteiger partial charge in [0.15, 0.2) is 5.76 Å². The maximum absolute atomic E-state index is 13.8. The van der Waals surface area contributed by atoms with Crippen LogP contribution in [-0.4, -0.2) is 39.1 Å². The Kier molecular flexibility index (Phi) is 6.10. The number of aromatic nitrogens is 2. The van der Waals surface area contributed by atoms with Gasteiger partial charge in [0.25, 0.3) is 5.91 Å². The van der Waals surface area contributed by atoms with Crippen LogP contribution in [0, 0.1) is 6.92 Å². The van der Waals surface area contributed by atoms with E-state index in [0.717, 1.165) is 22.4 Å². The molecule has 0 spiro atoms. The van der Waals surface area contributed by atoms with Gasteiger partial charge in [0.2, 0.25) is 5.91 Å². The van der Waals surface area contributed by atoms with Gasteiger partial charge >= 0.3 is 0 Å². The van der Waals surface area contributed by atoms with Gasteiger partial charge < -0.3 is 19.4 Å². The lowest BCUT2D eigenvalue weighted by Crippen LogP contribution is -2.63. The molecule has 1 aliphatic rings. The second kappa shape index (κ2) is 9.37. The number of rotatable bonds is 7. The molecule has 0 bridgehead atoms. The smallest absolute Gasteiger partial charge is 0.273 e. The molecular formula is C28H28N4O4. The van der Waals surface area contributed by atoms with Crippen LogP contribution in [0.25, 0.3) is 11.5 Å². The van der Waals surface area contributed by atoms with Crippen molar-refractivity contribution in [1.82, 2.24) is 20.0 Å². The Morgan fingerprint density at radius 2 is 1.92 bits per heavy atom. The van der Waals surface area contributed by atoms with Crippen molar-refractivity contribution in [2.45, 2.75) is 39.0 Å². The summed E-state index contributed by atoms with van der Waals surface area (Å²) in [7, 11) is 1.61. The molecule has 0 radical (unpaired) electrons. The zero-order chi connectivity index (χ0) is 25.3. The van der Waals surface area contributed by atoms with Gasteiger partial charge in [-0.3, -0.25) is 14.3 Å². The molecule has 2 amide bonds. The molecule has 8 nitrogen and oxygen atoms in total. The summed E-state index contributed by atoms with van der Waals surface area (Å²) in [5.74, 6) is 0.782. The Bertz CT molecular complexity index is 1390. The van der Waals surface area contributed by atoms with E-state index in [0.29, 0.717) is 23.7 Å². The van der Waals surface area contributed by atoms with Gasteiger partial charge in [0.05, 0.1) is 19.9 Å². The third-order valence-electron chi connectivity index (χ3n) is 6.76. The first-order valence-electron chi connectivity index (χ1n) is 11.8. The summed E-state index contributed by atoms with van der Waals surface area (Å²) in [5, 5.41) is 7.65. The molecule has 184 valence electrons. The van der Waals surface area contributed by atoms with Crippen LogP contribution in [0.5, 0.6) is 5.75 Å². The highest BCUT2D eigenvalue weighted by molar-refractivity contribution is 6.00. The van der Waals surface area contributed by atoms with Gasteiger partial charge in [-0.2, -0.15) is 5.10 Å². The van der Waals surface area contributed by atoms with Gasteiger partial charge in [-0.15, -0.1) is 0 Å².